The first kappa shape index (κ1) is 26.1. The molecule has 174 valence electrons. The zero-order valence-corrected chi connectivity index (χ0v) is 22.3. The van der Waals surface area contributed by atoms with Crippen molar-refractivity contribution >= 4 is 41.3 Å². The number of ether oxygens (including phenoxy) is 1. The fourth-order valence-electron chi connectivity index (χ4n) is 3.39. The Balaban J connectivity index is 0.00000363. The van der Waals surface area contributed by atoms with Crippen molar-refractivity contribution in [1.29, 1.82) is 0 Å². The lowest BCUT2D eigenvalue weighted by Gasteiger charge is -2.18. The van der Waals surface area contributed by atoms with Crippen LogP contribution in [-0.2, 0) is 19.4 Å². The summed E-state index contributed by atoms with van der Waals surface area (Å²) in [5.74, 6) is 2.71. The third-order valence-corrected chi connectivity index (χ3v) is 6.12. The summed E-state index contributed by atoms with van der Waals surface area (Å²) < 4.78 is 7.58. The van der Waals surface area contributed by atoms with Gasteiger partial charge in [0.15, 0.2) is 5.96 Å². The summed E-state index contributed by atoms with van der Waals surface area (Å²) in [6.45, 7) is 8.53. The molecule has 0 fully saturated rings. The molecule has 1 aromatic carbocycles. The third-order valence-electron chi connectivity index (χ3n) is 5.07. The predicted octanol–water partition coefficient (Wildman–Crippen LogP) is 4.38. The number of aromatic nitrogens is 3. The Morgan fingerprint density at radius 3 is 2.88 bits per heavy atom. The highest BCUT2D eigenvalue weighted by molar-refractivity contribution is 14.0. The summed E-state index contributed by atoms with van der Waals surface area (Å²) in [5.41, 5.74) is 2.40. The third kappa shape index (κ3) is 7.47. The first-order valence-corrected chi connectivity index (χ1v) is 11.6. The second-order valence-electron chi connectivity index (χ2n) is 7.40. The van der Waals surface area contributed by atoms with Crippen molar-refractivity contribution in [3.05, 3.63) is 63.9 Å². The molecule has 2 heterocycles. The Morgan fingerprint density at radius 1 is 1.31 bits per heavy atom. The number of aryl methyl sites for hydroxylation is 2. The Bertz CT molecular complexity index is 973. The van der Waals surface area contributed by atoms with Crippen LogP contribution in [-0.4, -0.2) is 40.9 Å². The molecule has 1 atom stereocenters. The minimum Gasteiger partial charge on any atom is -0.496 e. The average Bonchev–Trinajstić information content (AvgIpc) is 3.46. The van der Waals surface area contributed by atoms with Gasteiger partial charge >= 0.3 is 0 Å². The van der Waals surface area contributed by atoms with E-state index in [1.165, 1.54) is 16.0 Å². The highest BCUT2D eigenvalue weighted by atomic mass is 127. The lowest BCUT2D eigenvalue weighted by atomic mass is 10.1. The van der Waals surface area contributed by atoms with Crippen LogP contribution in [0.15, 0.2) is 47.0 Å². The highest BCUT2D eigenvalue weighted by Crippen LogP contribution is 2.20. The molecule has 0 aliphatic carbocycles. The molecule has 2 N–H and O–H groups in total. The number of thiophene rings is 1. The molecule has 3 aromatic rings. The van der Waals surface area contributed by atoms with E-state index >= 15 is 0 Å². The topological polar surface area (TPSA) is 76.4 Å². The number of nitrogens with zero attached hydrogens (tertiary/aromatic N) is 4. The number of nitrogens with one attached hydrogen (secondary N) is 2. The summed E-state index contributed by atoms with van der Waals surface area (Å²) in [4.78, 5) is 6.12. The van der Waals surface area contributed by atoms with Crippen molar-refractivity contribution in [3.8, 4) is 5.75 Å². The van der Waals surface area contributed by atoms with E-state index in [-0.39, 0.29) is 30.0 Å². The quantitative estimate of drug-likeness (QED) is 0.216. The van der Waals surface area contributed by atoms with Crippen LogP contribution < -0.4 is 15.4 Å². The fraction of sp³-hybridized carbons (Fsp3) is 0.435. The molecule has 7 nitrogen and oxygen atoms in total. The lowest BCUT2D eigenvalue weighted by Crippen LogP contribution is -2.40. The van der Waals surface area contributed by atoms with Gasteiger partial charge in [-0.1, -0.05) is 30.7 Å². The summed E-state index contributed by atoms with van der Waals surface area (Å²) in [7, 11) is 1.71. The number of guanidine groups is 1. The van der Waals surface area contributed by atoms with Crippen LogP contribution in [0.2, 0.25) is 0 Å². The molecule has 3 rings (SSSR count). The largest absolute Gasteiger partial charge is 0.496 e. The smallest absolute Gasteiger partial charge is 0.191 e. The van der Waals surface area contributed by atoms with Crippen molar-refractivity contribution in [3.63, 3.8) is 0 Å². The number of hydrogen-bond donors (Lipinski definition) is 2. The van der Waals surface area contributed by atoms with Gasteiger partial charge in [-0.15, -0.1) is 45.5 Å². The van der Waals surface area contributed by atoms with E-state index in [1.807, 2.05) is 6.07 Å². The van der Waals surface area contributed by atoms with Crippen molar-refractivity contribution in [2.24, 2.45) is 4.99 Å². The molecule has 0 saturated carbocycles. The molecule has 0 bridgehead atoms. The van der Waals surface area contributed by atoms with Gasteiger partial charge in [-0.25, -0.2) is 0 Å². The number of halogens is 1. The molecule has 0 aliphatic rings. The summed E-state index contributed by atoms with van der Waals surface area (Å²) in [6.07, 6.45) is 3.46. The summed E-state index contributed by atoms with van der Waals surface area (Å²) >= 11 is 1.74. The summed E-state index contributed by atoms with van der Waals surface area (Å²) in [6, 6.07) is 10.7. The number of benzene rings is 1. The van der Waals surface area contributed by atoms with Gasteiger partial charge in [-0.3, -0.25) is 4.99 Å². The standard InChI is InChI=1S/C23H32N6OS.HI/c1-5-22-28-26-16-29(22)13-12-25-23(27-18(3)21-7-6-14-31-21)24-11-10-19-15-17(2)8-9-20(19)30-4;/h6-9,14-16,18H,5,10-13H2,1-4H3,(H2,24,25,27);1H. The van der Waals surface area contributed by atoms with E-state index in [4.69, 9.17) is 9.73 Å². The molecule has 0 radical (unpaired) electrons. The maximum atomic E-state index is 5.51. The van der Waals surface area contributed by atoms with E-state index in [0.29, 0.717) is 6.54 Å². The molecule has 0 spiro atoms. The van der Waals surface area contributed by atoms with Crippen molar-refractivity contribution in [2.45, 2.75) is 46.2 Å². The highest BCUT2D eigenvalue weighted by Gasteiger charge is 2.10. The Kier molecular flexibility index (Phi) is 10.9. The number of hydrogen-bond acceptors (Lipinski definition) is 5. The minimum atomic E-state index is 0. The first-order valence-electron chi connectivity index (χ1n) is 10.7. The second-order valence-corrected chi connectivity index (χ2v) is 8.38. The van der Waals surface area contributed by atoms with Crippen LogP contribution in [0.1, 0.15) is 41.7 Å². The average molecular weight is 569 g/mol. The molecule has 2 aromatic heterocycles. The number of rotatable bonds is 10. The van der Waals surface area contributed by atoms with Crippen LogP contribution in [0.25, 0.3) is 0 Å². The van der Waals surface area contributed by atoms with E-state index in [0.717, 1.165) is 43.5 Å². The molecule has 32 heavy (non-hydrogen) atoms. The van der Waals surface area contributed by atoms with Gasteiger partial charge in [0.05, 0.1) is 13.2 Å². The zero-order chi connectivity index (χ0) is 22.1. The van der Waals surface area contributed by atoms with Crippen LogP contribution in [0.4, 0.5) is 0 Å². The SMILES string of the molecule is CCc1nncn1CCNC(=NCCc1cc(C)ccc1OC)NC(C)c1cccs1.I. The minimum absolute atomic E-state index is 0. The van der Waals surface area contributed by atoms with E-state index in [1.54, 1.807) is 24.8 Å². The van der Waals surface area contributed by atoms with E-state index in [9.17, 15) is 0 Å². The van der Waals surface area contributed by atoms with Gasteiger partial charge in [0.1, 0.15) is 17.9 Å². The van der Waals surface area contributed by atoms with Gasteiger partial charge in [0, 0.05) is 30.9 Å². The molecule has 1 unspecified atom stereocenters. The van der Waals surface area contributed by atoms with Crippen LogP contribution in [0, 0.1) is 6.92 Å². The number of methoxy groups -OCH3 is 1. The number of aliphatic imine (C=N–C) groups is 1. The molecule has 0 saturated heterocycles. The van der Waals surface area contributed by atoms with Crippen molar-refractivity contribution < 1.29 is 4.74 Å². The Morgan fingerprint density at radius 2 is 2.16 bits per heavy atom. The van der Waals surface area contributed by atoms with Crippen LogP contribution >= 0.6 is 35.3 Å². The van der Waals surface area contributed by atoms with Gasteiger partial charge in [-0.2, -0.15) is 0 Å². The van der Waals surface area contributed by atoms with E-state index < -0.39 is 0 Å². The maximum absolute atomic E-state index is 5.51. The molecule has 9 heteroatoms. The lowest BCUT2D eigenvalue weighted by molar-refractivity contribution is 0.409. The van der Waals surface area contributed by atoms with Crippen molar-refractivity contribution in [2.75, 3.05) is 20.2 Å². The van der Waals surface area contributed by atoms with Crippen LogP contribution in [0.3, 0.4) is 0 Å². The maximum Gasteiger partial charge on any atom is 0.191 e. The molecular formula is C23H33IN6OS. The Labute approximate surface area is 211 Å². The molecule has 0 amide bonds. The predicted molar refractivity (Wildman–Crippen MR) is 142 cm³/mol. The first-order chi connectivity index (χ1) is 15.1. The molecule has 0 aliphatic heterocycles. The van der Waals surface area contributed by atoms with E-state index in [2.05, 4.69) is 75.8 Å². The Hall–Kier alpha value is -2.14. The second kappa shape index (κ2) is 13.4. The van der Waals surface area contributed by atoms with Crippen LogP contribution in [0.5, 0.6) is 5.75 Å². The van der Waals surface area contributed by atoms with Gasteiger partial charge in [0.25, 0.3) is 0 Å². The van der Waals surface area contributed by atoms with Gasteiger partial charge in [-0.05, 0) is 43.3 Å². The van der Waals surface area contributed by atoms with Crippen molar-refractivity contribution in [1.82, 2.24) is 25.4 Å². The fourth-order valence-corrected chi connectivity index (χ4v) is 4.13. The zero-order valence-electron chi connectivity index (χ0n) is 19.2. The monoisotopic (exact) mass is 568 g/mol. The summed E-state index contributed by atoms with van der Waals surface area (Å²) in [5, 5.41) is 17.3. The normalized spacial score (nSPS) is 12.2. The van der Waals surface area contributed by atoms with Gasteiger partial charge in [0.2, 0.25) is 0 Å². The molecular weight excluding hydrogens is 535 g/mol. The van der Waals surface area contributed by atoms with Gasteiger partial charge < -0.3 is 19.9 Å².